The molecule has 1 saturated heterocycles. The van der Waals surface area contributed by atoms with Crippen molar-refractivity contribution in [1.29, 1.82) is 0 Å². The van der Waals surface area contributed by atoms with Crippen LogP contribution in [0.1, 0.15) is 132 Å². The Morgan fingerprint density at radius 2 is 1.64 bits per heavy atom. The first-order chi connectivity index (χ1) is 19.6. The molecule has 0 aromatic rings. The predicted octanol–water partition coefficient (Wildman–Crippen LogP) is 7.90. The second kappa shape index (κ2) is 11.4. The van der Waals surface area contributed by atoms with Crippen molar-refractivity contribution in [3.63, 3.8) is 0 Å². The van der Waals surface area contributed by atoms with E-state index in [4.69, 9.17) is 14.2 Å². The normalized spacial score (nSPS) is 41.6. The van der Waals surface area contributed by atoms with Gasteiger partial charge in [0, 0.05) is 11.8 Å². The maximum Gasteiger partial charge on any atom is 0.348 e. The quantitative estimate of drug-likeness (QED) is 0.212. The Labute approximate surface area is 254 Å². The molecule has 42 heavy (non-hydrogen) atoms. The van der Waals surface area contributed by atoms with Gasteiger partial charge in [0.15, 0.2) is 0 Å². The average molecular weight is 587 g/mol. The van der Waals surface area contributed by atoms with Crippen molar-refractivity contribution in [2.24, 2.45) is 57.2 Å². The Bertz CT molecular complexity index is 1050. The minimum atomic E-state index is -0.786. The van der Waals surface area contributed by atoms with Crippen molar-refractivity contribution in [3.8, 4) is 0 Å². The molecule has 4 aliphatic carbocycles. The van der Waals surface area contributed by atoms with Crippen molar-refractivity contribution in [2.75, 3.05) is 6.61 Å². The molecule has 5 fully saturated rings. The number of hydrogen-bond acceptors (Lipinski definition) is 6. The summed E-state index contributed by atoms with van der Waals surface area (Å²) in [5.74, 6) is 3.37. The van der Waals surface area contributed by atoms with Crippen LogP contribution >= 0.6 is 0 Å². The molecule has 0 radical (unpaired) electrons. The first kappa shape index (κ1) is 31.8. The van der Waals surface area contributed by atoms with Gasteiger partial charge < -0.3 is 14.2 Å². The lowest BCUT2D eigenvalue weighted by molar-refractivity contribution is -0.171. The maximum atomic E-state index is 12.8. The molecule has 6 heteroatoms. The number of fused-ring (bicyclic) bond motifs is 5. The Hall–Kier alpha value is -1.59. The number of ether oxygens (including phenoxy) is 3. The van der Waals surface area contributed by atoms with E-state index in [2.05, 4.69) is 27.7 Å². The van der Waals surface area contributed by atoms with Crippen LogP contribution in [0.3, 0.4) is 0 Å². The number of esters is 3. The molecule has 0 aromatic heterocycles. The van der Waals surface area contributed by atoms with Gasteiger partial charge in [-0.05, 0) is 131 Å². The van der Waals surface area contributed by atoms with Gasteiger partial charge in [0.25, 0.3) is 0 Å². The number of carbonyl (C=O) groups is 3. The molecule has 10 atom stereocenters. The summed E-state index contributed by atoms with van der Waals surface area (Å²) in [6.07, 6.45) is 12.3. The molecule has 1 heterocycles. The zero-order valence-corrected chi connectivity index (χ0v) is 27.8. The summed E-state index contributed by atoms with van der Waals surface area (Å²) in [4.78, 5) is 37.7. The Morgan fingerprint density at radius 1 is 0.952 bits per heavy atom. The largest absolute Gasteiger partial charge is 0.462 e. The molecule has 4 saturated carbocycles. The van der Waals surface area contributed by atoms with Crippen molar-refractivity contribution in [2.45, 2.75) is 145 Å². The SMILES string of the molecule is CCC(C)(C)C(=O)O[C@H]1CC[C@@]2(C)C(CCC3C4CCC(C(C)CCC(=O)OC5C(=O)OCC5(C)C)[C@@]4(C)CCC32)C1. The number of hydrogen-bond donors (Lipinski definition) is 0. The maximum absolute atomic E-state index is 12.8. The molecule has 238 valence electrons. The summed E-state index contributed by atoms with van der Waals surface area (Å²) < 4.78 is 16.9. The highest BCUT2D eigenvalue weighted by Crippen LogP contribution is 2.68. The highest BCUT2D eigenvalue weighted by Gasteiger charge is 2.61. The van der Waals surface area contributed by atoms with Crippen LogP contribution < -0.4 is 0 Å². The zero-order valence-electron chi connectivity index (χ0n) is 27.8. The smallest absolute Gasteiger partial charge is 0.348 e. The van der Waals surface area contributed by atoms with E-state index < -0.39 is 22.9 Å². The zero-order chi connectivity index (χ0) is 30.7. The topological polar surface area (TPSA) is 78.9 Å². The van der Waals surface area contributed by atoms with Gasteiger partial charge in [-0.3, -0.25) is 9.59 Å². The van der Waals surface area contributed by atoms with Gasteiger partial charge in [-0.15, -0.1) is 0 Å². The van der Waals surface area contributed by atoms with Crippen LogP contribution in [0, 0.1) is 57.2 Å². The molecule has 0 aromatic carbocycles. The first-order valence-electron chi connectivity index (χ1n) is 17.2. The second-order valence-corrected chi connectivity index (χ2v) is 16.9. The third kappa shape index (κ3) is 5.55. The fourth-order valence-electron chi connectivity index (χ4n) is 10.4. The Balaban J connectivity index is 1.17. The highest BCUT2D eigenvalue weighted by atomic mass is 16.6. The standard InChI is InChI=1S/C36H58O6/c1-9-33(3,4)32(39)41-24-16-18-35(7)23(20-24)11-12-25-27-14-13-26(36(27,8)19-17-28(25)35)22(2)10-15-29(37)42-30-31(38)40-21-34(30,5)6/h22-28,30H,9-21H2,1-8H3/t22?,23?,24-,25?,26?,27?,28?,30?,35-,36+/m0/s1. The van der Waals surface area contributed by atoms with E-state index in [9.17, 15) is 14.4 Å². The molecule has 5 rings (SSSR count). The number of cyclic esters (lactones) is 1. The molecule has 0 bridgehead atoms. The van der Waals surface area contributed by atoms with Crippen LogP contribution in [-0.2, 0) is 28.6 Å². The minimum absolute atomic E-state index is 0.0232. The molecular weight excluding hydrogens is 528 g/mol. The van der Waals surface area contributed by atoms with Gasteiger partial charge in [-0.1, -0.05) is 41.5 Å². The van der Waals surface area contributed by atoms with Crippen LogP contribution in [0.5, 0.6) is 0 Å². The van der Waals surface area contributed by atoms with Crippen molar-refractivity contribution >= 4 is 17.9 Å². The third-order valence-corrected chi connectivity index (χ3v) is 13.7. The Morgan fingerprint density at radius 3 is 2.31 bits per heavy atom. The fraction of sp³-hybridized carbons (Fsp3) is 0.917. The lowest BCUT2D eigenvalue weighted by Gasteiger charge is -2.61. The molecule has 0 N–H and O–H groups in total. The van der Waals surface area contributed by atoms with Crippen molar-refractivity contribution in [1.82, 2.24) is 0 Å². The molecular formula is C36H58O6. The summed E-state index contributed by atoms with van der Waals surface area (Å²) in [5, 5.41) is 0. The number of carbonyl (C=O) groups excluding carboxylic acids is 3. The lowest BCUT2D eigenvalue weighted by Crippen LogP contribution is -2.54. The molecule has 1 aliphatic heterocycles. The summed E-state index contributed by atoms with van der Waals surface area (Å²) in [7, 11) is 0. The third-order valence-electron chi connectivity index (χ3n) is 13.7. The van der Waals surface area contributed by atoms with Gasteiger partial charge >= 0.3 is 17.9 Å². The fourth-order valence-corrected chi connectivity index (χ4v) is 10.4. The van der Waals surface area contributed by atoms with Crippen molar-refractivity contribution in [3.05, 3.63) is 0 Å². The molecule has 7 unspecified atom stereocenters. The van der Waals surface area contributed by atoms with Gasteiger partial charge in [0.1, 0.15) is 12.7 Å². The van der Waals surface area contributed by atoms with E-state index in [0.29, 0.717) is 41.6 Å². The van der Waals surface area contributed by atoms with E-state index in [1.165, 1.54) is 44.9 Å². The van der Waals surface area contributed by atoms with E-state index in [-0.39, 0.29) is 18.0 Å². The van der Waals surface area contributed by atoms with Crippen LogP contribution in [0.2, 0.25) is 0 Å². The Kier molecular flexibility index (Phi) is 8.64. The summed E-state index contributed by atoms with van der Waals surface area (Å²) in [5.41, 5.74) is -0.169. The van der Waals surface area contributed by atoms with E-state index >= 15 is 0 Å². The monoisotopic (exact) mass is 586 g/mol. The van der Waals surface area contributed by atoms with Crippen LogP contribution in [0.25, 0.3) is 0 Å². The molecule has 0 spiro atoms. The van der Waals surface area contributed by atoms with Crippen molar-refractivity contribution < 1.29 is 28.6 Å². The second-order valence-electron chi connectivity index (χ2n) is 16.9. The van der Waals surface area contributed by atoms with E-state index in [1.807, 2.05) is 27.7 Å². The molecule has 6 nitrogen and oxygen atoms in total. The minimum Gasteiger partial charge on any atom is -0.462 e. The van der Waals surface area contributed by atoms with Gasteiger partial charge in [0.05, 0.1) is 5.41 Å². The molecule has 0 amide bonds. The first-order valence-corrected chi connectivity index (χ1v) is 17.2. The summed E-state index contributed by atoms with van der Waals surface area (Å²) >= 11 is 0. The van der Waals surface area contributed by atoms with Gasteiger partial charge in [-0.25, -0.2) is 4.79 Å². The van der Waals surface area contributed by atoms with Gasteiger partial charge in [-0.2, -0.15) is 0 Å². The number of rotatable bonds is 8. The average Bonchev–Trinajstić information content (AvgIpc) is 3.42. The predicted molar refractivity (Wildman–Crippen MR) is 162 cm³/mol. The van der Waals surface area contributed by atoms with Crippen LogP contribution in [0.15, 0.2) is 0 Å². The summed E-state index contributed by atoms with van der Waals surface area (Å²) in [6, 6.07) is 0. The van der Waals surface area contributed by atoms with E-state index in [1.54, 1.807) is 0 Å². The van der Waals surface area contributed by atoms with Crippen LogP contribution in [0.4, 0.5) is 0 Å². The van der Waals surface area contributed by atoms with Gasteiger partial charge in [0.2, 0.25) is 6.10 Å². The highest BCUT2D eigenvalue weighted by molar-refractivity contribution is 5.81. The van der Waals surface area contributed by atoms with E-state index in [0.717, 1.165) is 43.4 Å². The van der Waals surface area contributed by atoms with Crippen LogP contribution in [-0.4, -0.2) is 36.7 Å². The lowest BCUT2D eigenvalue weighted by atomic mass is 9.44. The summed E-state index contributed by atoms with van der Waals surface area (Å²) in [6.45, 7) is 17.7. The molecule has 5 aliphatic rings.